The molecular formula is C20H23ClN4O4S. The summed E-state index contributed by atoms with van der Waals surface area (Å²) in [5.41, 5.74) is 5.95. The number of nitrogens with zero attached hydrogens (tertiary/aromatic N) is 1. The van der Waals surface area contributed by atoms with Gasteiger partial charge in [0.2, 0.25) is 15.9 Å². The van der Waals surface area contributed by atoms with Gasteiger partial charge >= 0.3 is 0 Å². The zero-order chi connectivity index (χ0) is 21.7. The molecule has 2 aromatic rings. The van der Waals surface area contributed by atoms with Crippen molar-refractivity contribution in [1.82, 2.24) is 9.62 Å². The fourth-order valence-corrected chi connectivity index (χ4v) is 4.74. The summed E-state index contributed by atoms with van der Waals surface area (Å²) in [6.07, 6.45) is 1.16. The van der Waals surface area contributed by atoms with E-state index < -0.39 is 15.9 Å². The third-order valence-electron chi connectivity index (χ3n) is 4.87. The average Bonchev–Trinajstić information content (AvgIpc) is 2.70. The second kappa shape index (κ2) is 9.57. The number of rotatable bonds is 7. The number of carbonyl (C=O) groups excluding carboxylic acids is 2. The van der Waals surface area contributed by atoms with Gasteiger partial charge < -0.3 is 11.1 Å². The zero-order valence-electron chi connectivity index (χ0n) is 16.2. The van der Waals surface area contributed by atoms with Crippen molar-refractivity contribution >= 4 is 39.1 Å². The maximum absolute atomic E-state index is 12.5. The fourth-order valence-electron chi connectivity index (χ4n) is 3.31. The van der Waals surface area contributed by atoms with Crippen LogP contribution in [0.15, 0.2) is 53.4 Å². The Morgan fingerprint density at radius 3 is 2.33 bits per heavy atom. The molecule has 1 fully saturated rings. The Bertz CT molecular complexity index is 1020. The summed E-state index contributed by atoms with van der Waals surface area (Å²) in [6.45, 7) is 1.28. The molecule has 0 aliphatic carbocycles. The molecule has 30 heavy (non-hydrogen) atoms. The van der Waals surface area contributed by atoms with Crippen LogP contribution < -0.4 is 15.8 Å². The second-order valence-corrected chi connectivity index (χ2v) is 9.23. The van der Waals surface area contributed by atoms with Crippen molar-refractivity contribution < 1.29 is 18.0 Å². The number of piperidine rings is 1. The molecule has 4 N–H and O–H groups in total. The van der Waals surface area contributed by atoms with Crippen molar-refractivity contribution in [1.29, 1.82) is 0 Å². The van der Waals surface area contributed by atoms with Gasteiger partial charge in [-0.2, -0.15) is 0 Å². The van der Waals surface area contributed by atoms with Crippen molar-refractivity contribution in [2.24, 2.45) is 5.73 Å². The van der Waals surface area contributed by atoms with Crippen LogP contribution in [0.5, 0.6) is 0 Å². The molecule has 0 atom stereocenters. The fraction of sp³-hybridized carbons (Fsp3) is 0.300. The molecule has 3 rings (SSSR count). The number of likely N-dealkylation sites (tertiary alicyclic amines) is 1. The molecule has 0 aromatic heterocycles. The van der Waals surface area contributed by atoms with E-state index in [0.29, 0.717) is 36.6 Å². The largest absolute Gasteiger partial charge is 0.366 e. The molecule has 2 aromatic carbocycles. The maximum atomic E-state index is 12.5. The number of nitrogens with two attached hydrogens (primary N) is 1. The van der Waals surface area contributed by atoms with Gasteiger partial charge in [0.25, 0.3) is 5.91 Å². The van der Waals surface area contributed by atoms with Crippen LogP contribution in [0.2, 0.25) is 5.02 Å². The summed E-state index contributed by atoms with van der Waals surface area (Å²) >= 11 is 5.81. The van der Waals surface area contributed by atoms with E-state index in [-0.39, 0.29) is 29.0 Å². The number of primary amides is 1. The van der Waals surface area contributed by atoms with Crippen LogP contribution in [0.25, 0.3) is 0 Å². The zero-order valence-corrected chi connectivity index (χ0v) is 17.7. The Morgan fingerprint density at radius 2 is 1.70 bits per heavy atom. The first-order chi connectivity index (χ1) is 14.2. The molecule has 1 aliphatic rings. The van der Waals surface area contributed by atoms with E-state index in [1.165, 1.54) is 24.3 Å². The summed E-state index contributed by atoms with van der Waals surface area (Å²) < 4.78 is 27.7. The first kappa shape index (κ1) is 22.2. The lowest BCUT2D eigenvalue weighted by molar-refractivity contribution is -0.117. The minimum atomic E-state index is -3.62. The highest BCUT2D eigenvalue weighted by molar-refractivity contribution is 7.89. The molecule has 0 saturated carbocycles. The predicted octanol–water partition coefficient (Wildman–Crippen LogP) is 1.82. The van der Waals surface area contributed by atoms with Gasteiger partial charge in [0.1, 0.15) is 0 Å². The number of hydrogen-bond donors (Lipinski definition) is 3. The Morgan fingerprint density at radius 1 is 1.07 bits per heavy atom. The SMILES string of the molecule is NC(=O)c1ccccc1NC(=O)CN1CCC(NS(=O)(=O)c2ccc(Cl)cc2)CC1. The van der Waals surface area contributed by atoms with Gasteiger partial charge in [0.05, 0.1) is 22.7 Å². The van der Waals surface area contributed by atoms with Crippen LogP contribution in [-0.4, -0.2) is 50.8 Å². The van der Waals surface area contributed by atoms with E-state index in [1.807, 2.05) is 4.90 Å². The lowest BCUT2D eigenvalue weighted by atomic mass is 10.1. The molecule has 8 nitrogen and oxygen atoms in total. The van der Waals surface area contributed by atoms with Crippen LogP contribution in [0.4, 0.5) is 5.69 Å². The smallest absolute Gasteiger partial charge is 0.250 e. The normalized spacial score (nSPS) is 15.6. The van der Waals surface area contributed by atoms with Gasteiger partial charge in [-0.1, -0.05) is 23.7 Å². The van der Waals surface area contributed by atoms with E-state index in [0.717, 1.165) is 0 Å². The highest BCUT2D eigenvalue weighted by atomic mass is 35.5. The molecule has 0 unspecified atom stereocenters. The summed E-state index contributed by atoms with van der Waals surface area (Å²) in [5, 5.41) is 3.18. The Labute approximate surface area is 180 Å². The number of amides is 2. The van der Waals surface area contributed by atoms with Gasteiger partial charge in [-0.15, -0.1) is 0 Å². The molecular weight excluding hydrogens is 428 g/mol. The Kier molecular flexibility index (Phi) is 7.09. The van der Waals surface area contributed by atoms with E-state index in [2.05, 4.69) is 10.0 Å². The quantitative estimate of drug-likeness (QED) is 0.594. The van der Waals surface area contributed by atoms with Gasteiger partial charge in [-0.3, -0.25) is 14.5 Å². The topological polar surface area (TPSA) is 122 Å². The van der Waals surface area contributed by atoms with E-state index >= 15 is 0 Å². The Hall–Kier alpha value is -2.46. The first-order valence-electron chi connectivity index (χ1n) is 9.43. The number of benzene rings is 2. The first-order valence-corrected chi connectivity index (χ1v) is 11.3. The number of halogens is 1. The average molecular weight is 451 g/mol. The Balaban J connectivity index is 1.50. The third-order valence-corrected chi connectivity index (χ3v) is 6.66. The number of para-hydroxylation sites is 1. The van der Waals surface area contributed by atoms with Crippen molar-refractivity contribution in [2.45, 2.75) is 23.8 Å². The molecule has 1 aliphatic heterocycles. The second-order valence-electron chi connectivity index (χ2n) is 7.08. The number of anilines is 1. The molecule has 0 spiro atoms. The number of hydrogen-bond acceptors (Lipinski definition) is 5. The molecule has 1 heterocycles. The molecule has 0 bridgehead atoms. The number of carbonyl (C=O) groups is 2. The van der Waals surface area contributed by atoms with Crippen molar-refractivity contribution in [3.8, 4) is 0 Å². The van der Waals surface area contributed by atoms with Crippen LogP contribution in [0, 0.1) is 0 Å². The third kappa shape index (κ3) is 5.79. The van der Waals surface area contributed by atoms with Gasteiger partial charge in [-0.05, 0) is 49.2 Å². The van der Waals surface area contributed by atoms with E-state index in [9.17, 15) is 18.0 Å². The summed E-state index contributed by atoms with van der Waals surface area (Å²) in [7, 11) is -3.62. The van der Waals surface area contributed by atoms with Crippen molar-refractivity contribution in [3.05, 3.63) is 59.1 Å². The van der Waals surface area contributed by atoms with Crippen molar-refractivity contribution in [3.63, 3.8) is 0 Å². The predicted molar refractivity (Wildman–Crippen MR) is 115 cm³/mol. The summed E-state index contributed by atoms with van der Waals surface area (Å²) in [4.78, 5) is 25.9. The van der Waals surface area contributed by atoms with Gasteiger partial charge in [0.15, 0.2) is 0 Å². The molecule has 0 radical (unpaired) electrons. The number of sulfonamides is 1. The molecule has 160 valence electrons. The minimum Gasteiger partial charge on any atom is -0.366 e. The van der Waals surface area contributed by atoms with Crippen LogP contribution in [-0.2, 0) is 14.8 Å². The standard InChI is InChI=1S/C20H23ClN4O4S/c21-14-5-7-16(8-6-14)30(28,29)24-15-9-11-25(12-10-15)13-19(26)23-18-4-2-1-3-17(18)20(22)27/h1-8,15,24H,9-13H2,(H2,22,27)(H,23,26). The van der Waals surface area contributed by atoms with Crippen LogP contribution in [0.3, 0.4) is 0 Å². The number of nitrogens with one attached hydrogen (secondary N) is 2. The monoisotopic (exact) mass is 450 g/mol. The lowest BCUT2D eigenvalue weighted by Crippen LogP contribution is -2.46. The lowest BCUT2D eigenvalue weighted by Gasteiger charge is -2.31. The van der Waals surface area contributed by atoms with Crippen molar-refractivity contribution in [2.75, 3.05) is 25.0 Å². The van der Waals surface area contributed by atoms with E-state index in [1.54, 1.807) is 24.3 Å². The van der Waals surface area contributed by atoms with Gasteiger partial charge in [-0.25, -0.2) is 13.1 Å². The molecule has 10 heteroatoms. The van der Waals surface area contributed by atoms with Gasteiger partial charge in [0, 0.05) is 24.2 Å². The molecule has 1 saturated heterocycles. The van der Waals surface area contributed by atoms with Crippen LogP contribution in [0.1, 0.15) is 23.2 Å². The highest BCUT2D eigenvalue weighted by Gasteiger charge is 2.25. The minimum absolute atomic E-state index is 0.143. The maximum Gasteiger partial charge on any atom is 0.250 e. The van der Waals surface area contributed by atoms with Crippen LogP contribution >= 0.6 is 11.6 Å². The highest BCUT2D eigenvalue weighted by Crippen LogP contribution is 2.18. The summed E-state index contributed by atoms with van der Waals surface area (Å²) in [6, 6.07) is 12.3. The van der Waals surface area contributed by atoms with E-state index in [4.69, 9.17) is 17.3 Å². The summed E-state index contributed by atoms with van der Waals surface area (Å²) in [5.74, 6) is -0.872. The molecule has 2 amide bonds.